The molecular weight excluding hydrogens is 322 g/mol. The Morgan fingerprint density at radius 2 is 1.84 bits per heavy atom. The predicted octanol–water partition coefficient (Wildman–Crippen LogP) is 0.765. The second-order valence-corrected chi connectivity index (χ2v) is 7.04. The minimum absolute atomic E-state index is 0.00152. The van der Waals surface area contributed by atoms with Crippen LogP contribution in [0.1, 0.15) is 40.0 Å². The quantitative estimate of drug-likeness (QED) is 0.799. The summed E-state index contributed by atoms with van der Waals surface area (Å²) in [7, 11) is 2.97. The molecule has 1 N–H and O–H groups in total. The molecular formula is C17H27N5O3. The molecule has 8 nitrogen and oxygen atoms in total. The number of fused-ring (bicyclic) bond motifs is 1. The van der Waals surface area contributed by atoms with Crippen LogP contribution < -0.4 is 16.6 Å². The molecule has 2 rings (SSSR count). The molecule has 0 saturated heterocycles. The van der Waals surface area contributed by atoms with Gasteiger partial charge in [0.1, 0.15) is 6.54 Å². The number of carbonyl (C=O) groups is 1. The van der Waals surface area contributed by atoms with E-state index in [0.717, 1.165) is 23.8 Å². The smallest absolute Gasteiger partial charge is 0.332 e. The van der Waals surface area contributed by atoms with Crippen LogP contribution in [0.25, 0.3) is 11.2 Å². The third kappa shape index (κ3) is 4.18. The highest BCUT2D eigenvalue weighted by Gasteiger charge is 2.16. The molecule has 1 atom stereocenters. The number of hydrogen-bond donors (Lipinski definition) is 1. The zero-order valence-electron chi connectivity index (χ0n) is 15.6. The minimum Gasteiger partial charge on any atom is -0.352 e. The maximum Gasteiger partial charge on any atom is 0.332 e. The summed E-state index contributed by atoms with van der Waals surface area (Å²) in [5.41, 5.74) is -0.350. The van der Waals surface area contributed by atoms with Crippen LogP contribution in [-0.4, -0.2) is 30.6 Å². The fourth-order valence-corrected chi connectivity index (χ4v) is 2.90. The Bertz CT molecular complexity index is 875. The van der Waals surface area contributed by atoms with Gasteiger partial charge in [0.2, 0.25) is 5.91 Å². The second kappa shape index (κ2) is 7.67. The van der Waals surface area contributed by atoms with Crippen molar-refractivity contribution in [2.45, 2.75) is 52.6 Å². The normalized spacial score (nSPS) is 12.7. The van der Waals surface area contributed by atoms with Crippen LogP contribution >= 0.6 is 0 Å². The number of carbonyl (C=O) groups excluding carboxylic acids is 1. The average molecular weight is 349 g/mol. The summed E-state index contributed by atoms with van der Waals surface area (Å²) in [5, 5.41) is 2.95. The molecule has 0 radical (unpaired) electrons. The number of nitrogens with zero attached hydrogens (tertiary/aromatic N) is 4. The van der Waals surface area contributed by atoms with Gasteiger partial charge in [0.05, 0.1) is 6.33 Å². The van der Waals surface area contributed by atoms with Gasteiger partial charge in [-0.05, 0) is 19.3 Å². The van der Waals surface area contributed by atoms with Crippen LogP contribution in [0.15, 0.2) is 15.9 Å². The highest BCUT2D eigenvalue weighted by molar-refractivity contribution is 5.79. The van der Waals surface area contributed by atoms with E-state index >= 15 is 0 Å². The SMILES string of the molecule is CC(C)CCC[C@@H](C)NC(=O)Cn1cnc2c1c(=O)n(C)c(=O)n2C. The van der Waals surface area contributed by atoms with E-state index in [0.29, 0.717) is 5.92 Å². The van der Waals surface area contributed by atoms with Crippen LogP contribution in [-0.2, 0) is 25.4 Å². The van der Waals surface area contributed by atoms with Gasteiger partial charge < -0.3 is 9.88 Å². The zero-order chi connectivity index (χ0) is 18.7. The summed E-state index contributed by atoms with van der Waals surface area (Å²) >= 11 is 0. The summed E-state index contributed by atoms with van der Waals surface area (Å²) in [5.74, 6) is 0.482. The van der Waals surface area contributed by atoms with Gasteiger partial charge in [-0.1, -0.05) is 26.7 Å². The number of nitrogens with one attached hydrogen (secondary N) is 1. The van der Waals surface area contributed by atoms with Gasteiger partial charge in [0.25, 0.3) is 5.56 Å². The number of rotatable bonds is 7. The highest BCUT2D eigenvalue weighted by Crippen LogP contribution is 2.09. The predicted molar refractivity (Wildman–Crippen MR) is 96.5 cm³/mol. The van der Waals surface area contributed by atoms with Crippen LogP contribution in [0.3, 0.4) is 0 Å². The lowest BCUT2D eigenvalue weighted by Crippen LogP contribution is -2.38. The fraction of sp³-hybridized carbons (Fsp3) is 0.647. The summed E-state index contributed by atoms with van der Waals surface area (Å²) in [6, 6.07) is 0.0771. The molecule has 138 valence electrons. The van der Waals surface area contributed by atoms with Crippen molar-refractivity contribution in [3.63, 3.8) is 0 Å². The molecule has 0 aromatic carbocycles. The third-order valence-electron chi connectivity index (χ3n) is 4.36. The molecule has 0 unspecified atom stereocenters. The lowest BCUT2D eigenvalue weighted by Gasteiger charge is -2.15. The van der Waals surface area contributed by atoms with Gasteiger partial charge in [-0.15, -0.1) is 0 Å². The molecule has 1 amide bonds. The molecule has 8 heteroatoms. The lowest BCUT2D eigenvalue weighted by atomic mass is 10.0. The van der Waals surface area contributed by atoms with E-state index < -0.39 is 11.2 Å². The van der Waals surface area contributed by atoms with Crippen LogP contribution in [0.5, 0.6) is 0 Å². The fourth-order valence-electron chi connectivity index (χ4n) is 2.90. The Labute approximate surface area is 146 Å². The van der Waals surface area contributed by atoms with Crippen molar-refractivity contribution >= 4 is 17.1 Å². The number of aryl methyl sites for hydroxylation is 1. The summed E-state index contributed by atoms with van der Waals surface area (Å²) in [6.07, 6.45) is 4.55. The number of aromatic nitrogens is 4. The molecule has 0 fully saturated rings. The molecule has 25 heavy (non-hydrogen) atoms. The molecule has 0 aliphatic carbocycles. The zero-order valence-corrected chi connectivity index (χ0v) is 15.6. The lowest BCUT2D eigenvalue weighted by molar-refractivity contribution is -0.122. The van der Waals surface area contributed by atoms with Gasteiger partial charge in [-0.25, -0.2) is 9.78 Å². The van der Waals surface area contributed by atoms with Crippen molar-refractivity contribution in [1.29, 1.82) is 0 Å². The van der Waals surface area contributed by atoms with Crippen molar-refractivity contribution in [2.75, 3.05) is 0 Å². The van der Waals surface area contributed by atoms with Crippen molar-refractivity contribution in [3.8, 4) is 0 Å². The van der Waals surface area contributed by atoms with E-state index in [4.69, 9.17) is 0 Å². The Morgan fingerprint density at radius 3 is 2.48 bits per heavy atom. The highest BCUT2D eigenvalue weighted by atomic mass is 16.2. The van der Waals surface area contributed by atoms with Crippen molar-refractivity contribution in [2.24, 2.45) is 20.0 Å². The molecule has 0 bridgehead atoms. The average Bonchev–Trinajstić information content (AvgIpc) is 2.94. The molecule has 2 aromatic rings. The molecule has 2 heterocycles. The summed E-state index contributed by atoms with van der Waals surface area (Å²) < 4.78 is 3.82. The Morgan fingerprint density at radius 1 is 1.16 bits per heavy atom. The monoisotopic (exact) mass is 349 g/mol. The topological polar surface area (TPSA) is 90.9 Å². The summed E-state index contributed by atoms with van der Waals surface area (Å²) in [4.78, 5) is 40.7. The number of hydrogen-bond acceptors (Lipinski definition) is 4. The number of amides is 1. The van der Waals surface area contributed by atoms with Gasteiger partial charge in [0.15, 0.2) is 11.2 Å². The van der Waals surface area contributed by atoms with Gasteiger partial charge in [0, 0.05) is 20.1 Å². The van der Waals surface area contributed by atoms with Crippen LogP contribution in [0.2, 0.25) is 0 Å². The van der Waals surface area contributed by atoms with Gasteiger partial charge in [-0.3, -0.25) is 18.7 Å². The van der Waals surface area contributed by atoms with E-state index in [1.165, 1.54) is 22.5 Å². The first-order valence-electron chi connectivity index (χ1n) is 8.62. The van der Waals surface area contributed by atoms with Crippen LogP contribution in [0.4, 0.5) is 0 Å². The maximum absolute atomic E-state index is 12.3. The van der Waals surface area contributed by atoms with E-state index in [1.54, 1.807) is 7.05 Å². The van der Waals surface area contributed by atoms with Crippen LogP contribution in [0, 0.1) is 5.92 Å². The standard InChI is InChI=1S/C17H27N5O3/c1-11(2)7-6-8-12(3)19-13(23)9-22-10-18-15-14(22)16(24)21(5)17(25)20(15)4/h10-12H,6-9H2,1-5H3,(H,19,23)/t12-/m1/s1. The number of imidazole rings is 1. The second-order valence-electron chi connectivity index (χ2n) is 7.04. The molecule has 0 spiro atoms. The van der Waals surface area contributed by atoms with E-state index in [2.05, 4.69) is 24.1 Å². The molecule has 0 aliphatic heterocycles. The first kappa shape index (κ1) is 19.0. The first-order chi connectivity index (χ1) is 11.7. The largest absolute Gasteiger partial charge is 0.352 e. The Balaban J connectivity index is 2.12. The van der Waals surface area contributed by atoms with Gasteiger partial charge in [-0.2, -0.15) is 0 Å². The van der Waals surface area contributed by atoms with Gasteiger partial charge >= 0.3 is 5.69 Å². The Hall–Kier alpha value is -2.38. The summed E-state index contributed by atoms with van der Waals surface area (Å²) in [6.45, 7) is 6.34. The maximum atomic E-state index is 12.3. The molecule has 0 saturated carbocycles. The molecule has 2 aromatic heterocycles. The van der Waals surface area contributed by atoms with E-state index in [9.17, 15) is 14.4 Å². The first-order valence-corrected chi connectivity index (χ1v) is 8.62. The van der Waals surface area contributed by atoms with Crippen molar-refractivity contribution < 1.29 is 4.79 Å². The Kier molecular flexibility index (Phi) is 5.81. The van der Waals surface area contributed by atoms with E-state index in [1.807, 2.05) is 6.92 Å². The molecule has 0 aliphatic rings. The minimum atomic E-state index is -0.451. The third-order valence-corrected chi connectivity index (χ3v) is 4.36. The van der Waals surface area contributed by atoms with Crippen molar-refractivity contribution in [1.82, 2.24) is 24.0 Å². The van der Waals surface area contributed by atoms with Crippen molar-refractivity contribution in [3.05, 3.63) is 27.2 Å². The van der Waals surface area contributed by atoms with E-state index in [-0.39, 0.29) is 29.7 Å².